The van der Waals surface area contributed by atoms with Gasteiger partial charge in [-0.25, -0.2) is 0 Å². The molecule has 1 aromatic rings. The Morgan fingerprint density at radius 3 is 2.67 bits per heavy atom. The van der Waals surface area contributed by atoms with Crippen LogP contribution in [0, 0.1) is 6.92 Å². The van der Waals surface area contributed by atoms with Crippen LogP contribution in [0.1, 0.15) is 15.9 Å². The van der Waals surface area contributed by atoms with Gasteiger partial charge in [0.25, 0.3) is 0 Å². The number of hydrogen-bond donors (Lipinski definition) is 1. The molecule has 0 aliphatic heterocycles. The van der Waals surface area contributed by atoms with E-state index < -0.39 is 0 Å². The van der Waals surface area contributed by atoms with Crippen LogP contribution in [0.2, 0.25) is 0 Å². The number of carbonyl (C=O) groups excluding carboxylic acids is 1. The molecular weight excluding hydrogens is 154 g/mol. The lowest BCUT2D eigenvalue weighted by atomic mass is 10.1. The molecule has 64 valence electrons. The first-order chi connectivity index (χ1) is 5.69. The van der Waals surface area contributed by atoms with Gasteiger partial charge in [0.05, 0.1) is 7.11 Å². The maximum Gasteiger partial charge on any atom is 0.152 e. The fourth-order valence-electron chi connectivity index (χ4n) is 1.05. The molecule has 0 atom stereocenters. The predicted molar refractivity (Wildman–Crippen MR) is 47.5 cm³/mol. The zero-order valence-corrected chi connectivity index (χ0v) is 7.13. The summed E-state index contributed by atoms with van der Waals surface area (Å²) in [5.41, 5.74) is 7.46. The van der Waals surface area contributed by atoms with Gasteiger partial charge in [-0.3, -0.25) is 4.79 Å². The number of benzene rings is 1. The summed E-state index contributed by atoms with van der Waals surface area (Å²) in [5.74, 6) is 0.686. The van der Waals surface area contributed by atoms with Gasteiger partial charge in [-0.1, -0.05) is 0 Å². The highest BCUT2D eigenvalue weighted by Gasteiger charge is 2.03. The summed E-state index contributed by atoms with van der Waals surface area (Å²) in [4.78, 5) is 10.5. The lowest BCUT2D eigenvalue weighted by molar-refractivity contribution is 0.112. The van der Waals surface area contributed by atoms with Crippen molar-refractivity contribution in [3.05, 3.63) is 23.3 Å². The standard InChI is InChI=1S/C9H11NO2/c1-6-3-8(10)7(5-11)4-9(6)12-2/h3-5H,10H2,1-2H3. The molecule has 0 unspecified atom stereocenters. The second-order valence-corrected chi connectivity index (χ2v) is 2.57. The molecule has 0 radical (unpaired) electrons. The van der Waals surface area contributed by atoms with Gasteiger partial charge in [-0.15, -0.1) is 0 Å². The molecule has 0 saturated carbocycles. The topological polar surface area (TPSA) is 52.3 Å². The monoisotopic (exact) mass is 165 g/mol. The molecular formula is C9H11NO2. The second-order valence-electron chi connectivity index (χ2n) is 2.57. The van der Waals surface area contributed by atoms with Gasteiger partial charge in [-0.2, -0.15) is 0 Å². The molecule has 0 spiro atoms. The Labute approximate surface area is 71.1 Å². The van der Waals surface area contributed by atoms with Gasteiger partial charge in [0.1, 0.15) is 5.75 Å². The van der Waals surface area contributed by atoms with Crippen LogP contribution in [0.25, 0.3) is 0 Å². The van der Waals surface area contributed by atoms with Gasteiger partial charge in [0.15, 0.2) is 6.29 Å². The Kier molecular flexibility index (Phi) is 2.33. The maximum atomic E-state index is 10.5. The number of carbonyl (C=O) groups is 1. The van der Waals surface area contributed by atoms with Crippen molar-refractivity contribution < 1.29 is 9.53 Å². The van der Waals surface area contributed by atoms with Crippen LogP contribution < -0.4 is 10.5 Å². The largest absolute Gasteiger partial charge is 0.496 e. The van der Waals surface area contributed by atoms with E-state index in [0.29, 0.717) is 17.0 Å². The summed E-state index contributed by atoms with van der Waals surface area (Å²) in [6.07, 6.45) is 0.720. The van der Waals surface area contributed by atoms with E-state index in [2.05, 4.69) is 0 Å². The van der Waals surface area contributed by atoms with Crippen LogP contribution in [0.4, 0.5) is 5.69 Å². The van der Waals surface area contributed by atoms with Crippen LogP contribution in [0.15, 0.2) is 12.1 Å². The van der Waals surface area contributed by atoms with Gasteiger partial charge in [0, 0.05) is 11.3 Å². The Balaban J connectivity index is 3.26. The normalized spacial score (nSPS) is 9.50. The molecule has 0 amide bonds. The average molecular weight is 165 g/mol. The van der Waals surface area contributed by atoms with Crippen LogP contribution in [0.3, 0.4) is 0 Å². The van der Waals surface area contributed by atoms with E-state index in [1.165, 1.54) is 0 Å². The van der Waals surface area contributed by atoms with Crippen LogP contribution >= 0.6 is 0 Å². The summed E-state index contributed by atoms with van der Waals surface area (Å²) >= 11 is 0. The molecule has 0 aromatic heterocycles. The van der Waals surface area contributed by atoms with E-state index in [1.807, 2.05) is 6.92 Å². The summed E-state index contributed by atoms with van der Waals surface area (Å²) in [6, 6.07) is 3.36. The third kappa shape index (κ3) is 1.39. The first-order valence-electron chi connectivity index (χ1n) is 3.58. The molecule has 0 aliphatic carbocycles. The van der Waals surface area contributed by atoms with E-state index in [1.54, 1.807) is 19.2 Å². The Morgan fingerprint density at radius 1 is 1.50 bits per heavy atom. The SMILES string of the molecule is COc1cc(C=O)c(N)cc1C. The second kappa shape index (κ2) is 3.26. The van der Waals surface area contributed by atoms with Gasteiger partial charge < -0.3 is 10.5 Å². The zero-order valence-electron chi connectivity index (χ0n) is 7.13. The Bertz CT molecular complexity index is 308. The highest BCUT2D eigenvalue weighted by molar-refractivity contribution is 5.84. The quantitative estimate of drug-likeness (QED) is 0.532. The molecule has 0 saturated heterocycles. The van der Waals surface area contributed by atoms with E-state index in [4.69, 9.17) is 10.5 Å². The minimum atomic E-state index is 0.470. The zero-order chi connectivity index (χ0) is 9.14. The van der Waals surface area contributed by atoms with Crippen LogP contribution in [0.5, 0.6) is 5.75 Å². The fraction of sp³-hybridized carbons (Fsp3) is 0.222. The lowest BCUT2D eigenvalue weighted by Crippen LogP contribution is -1.96. The first kappa shape index (κ1) is 8.59. The molecule has 0 heterocycles. The third-order valence-electron chi connectivity index (χ3n) is 1.73. The van der Waals surface area contributed by atoms with Crippen molar-refractivity contribution in [2.45, 2.75) is 6.92 Å². The summed E-state index contributed by atoms with van der Waals surface area (Å²) < 4.78 is 5.03. The summed E-state index contributed by atoms with van der Waals surface area (Å²) in [7, 11) is 1.56. The molecule has 0 bridgehead atoms. The first-order valence-corrected chi connectivity index (χ1v) is 3.58. The number of rotatable bonds is 2. The maximum absolute atomic E-state index is 10.5. The number of aryl methyl sites for hydroxylation is 1. The molecule has 12 heavy (non-hydrogen) atoms. The van der Waals surface area contributed by atoms with Gasteiger partial charge in [-0.05, 0) is 24.6 Å². The van der Waals surface area contributed by atoms with Crippen LogP contribution in [-0.4, -0.2) is 13.4 Å². The summed E-state index contributed by atoms with van der Waals surface area (Å²) in [6.45, 7) is 1.88. The number of methoxy groups -OCH3 is 1. The minimum absolute atomic E-state index is 0.470. The third-order valence-corrected chi connectivity index (χ3v) is 1.73. The number of hydrogen-bond acceptors (Lipinski definition) is 3. The van der Waals surface area contributed by atoms with Crippen molar-refractivity contribution in [1.29, 1.82) is 0 Å². The predicted octanol–water partition coefficient (Wildman–Crippen LogP) is 1.40. The van der Waals surface area contributed by atoms with E-state index in [9.17, 15) is 4.79 Å². The number of ether oxygens (including phenoxy) is 1. The molecule has 3 heteroatoms. The van der Waals surface area contributed by atoms with Crippen LogP contribution in [-0.2, 0) is 0 Å². The van der Waals surface area contributed by atoms with E-state index in [-0.39, 0.29) is 0 Å². The van der Waals surface area contributed by atoms with Gasteiger partial charge >= 0.3 is 0 Å². The van der Waals surface area contributed by atoms with Crippen molar-refractivity contribution in [3.63, 3.8) is 0 Å². The molecule has 0 aliphatic rings. The molecule has 1 aromatic carbocycles. The summed E-state index contributed by atoms with van der Waals surface area (Å²) in [5, 5.41) is 0. The number of nitrogen functional groups attached to an aromatic ring is 1. The van der Waals surface area contributed by atoms with Crippen molar-refractivity contribution in [1.82, 2.24) is 0 Å². The number of anilines is 1. The number of nitrogens with two attached hydrogens (primary N) is 1. The van der Waals surface area contributed by atoms with E-state index >= 15 is 0 Å². The lowest BCUT2D eigenvalue weighted by Gasteiger charge is -2.06. The van der Waals surface area contributed by atoms with Crippen molar-refractivity contribution >= 4 is 12.0 Å². The van der Waals surface area contributed by atoms with Crippen molar-refractivity contribution in [2.24, 2.45) is 0 Å². The minimum Gasteiger partial charge on any atom is -0.496 e. The molecule has 1 rings (SSSR count). The van der Waals surface area contributed by atoms with Crippen molar-refractivity contribution in [3.8, 4) is 5.75 Å². The Morgan fingerprint density at radius 2 is 2.17 bits per heavy atom. The smallest absolute Gasteiger partial charge is 0.152 e. The Hall–Kier alpha value is -1.51. The fourth-order valence-corrected chi connectivity index (χ4v) is 1.05. The highest BCUT2D eigenvalue weighted by Crippen LogP contribution is 2.22. The molecule has 0 fully saturated rings. The molecule has 3 nitrogen and oxygen atoms in total. The number of aldehydes is 1. The molecule has 2 N–H and O–H groups in total. The van der Waals surface area contributed by atoms with Crippen molar-refractivity contribution in [2.75, 3.05) is 12.8 Å². The highest BCUT2D eigenvalue weighted by atomic mass is 16.5. The van der Waals surface area contributed by atoms with Gasteiger partial charge in [0.2, 0.25) is 0 Å². The average Bonchev–Trinajstić information content (AvgIpc) is 2.05. The van der Waals surface area contributed by atoms with E-state index in [0.717, 1.165) is 11.8 Å².